The number of aromatic amines is 1. The van der Waals surface area contributed by atoms with Crippen LogP contribution < -0.4 is 0 Å². The number of aliphatic hydroxyl groups is 1. The number of unbranched alkanes of at least 4 members (excludes halogenated alkanes) is 5. The third-order valence-electron chi connectivity index (χ3n) is 8.80. The fourth-order valence-corrected chi connectivity index (χ4v) is 6.54. The van der Waals surface area contributed by atoms with Crippen LogP contribution in [0.25, 0.3) is 27.7 Å². The van der Waals surface area contributed by atoms with E-state index in [0.717, 1.165) is 46.4 Å². The highest BCUT2D eigenvalue weighted by molar-refractivity contribution is 6.42. The van der Waals surface area contributed by atoms with E-state index in [0.29, 0.717) is 11.1 Å². The number of rotatable bonds is 10. The van der Waals surface area contributed by atoms with Crippen molar-refractivity contribution in [2.75, 3.05) is 6.54 Å². The number of carbonyl (C=O) groups is 1. The monoisotopic (exact) mass is 543 g/mol. The standard InChI is InChI=1S/C37H38N2O2/c1-4-5-6-7-8-16-23-39-30-22-15-13-20-28(30)37(2,3)31(39)24-27-35(40)33(36(27)41)32-26-19-12-14-21-29(26)38-34(32)25-17-10-9-11-18-25/h9-15,17-22,24H,4-8,16,23H2,1-3H3,(H,40,41)/p+1. The van der Waals surface area contributed by atoms with Crippen LogP contribution in [0.15, 0.2) is 96.3 Å². The number of aliphatic hydroxyl groups excluding tert-OH is 1. The zero-order valence-corrected chi connectivity index (χ0v) is 24.3. The summed E-state index contributed by atoms with van der Waals surface area (Å²) in [6.45, 7) is 7.59. The Morgan fingerprint density at radius 3 is 2.32 bits per heavy atom. The average Bonchev–Trinajstić information content (AvgIpc) is 3.46. The van der Waals surface area contributed by atoms with Crippen LogP contribution in [0.3, 0.4) is 0 Å². The molecule has 1 aromatic heterocycles. The summed E-state index contributed by atoms with van der Waals surface area (Å²) in [4.78, 5) is 17.4. The van der Waals surface area contributed by atoms with Gasteiger partial charge in [-0.3, -0.25) is 4.79 Å². The Bertz CT molecular complexity index is 1720. The molecule has 0 atom stereocenters. The Hall–Kier alpha value is -4.18. The van der Waals surface area contributed by atoms with Crippen molar-refractivity contribution in [3.8, 4) is 11.3 Å². The third kappa shape index (κ3) is 4.65. The largest absolute Gasteiger partial charge is 0.506 e. The Balaban J connectivity index is 1.42. The number of Topliss-reactive ketones (excluding diaryl/α,β-unsaturated/α-hetero) is 1. The normalized spacial score (nSPS) is 17.0. The first kappa shape index (κ1) is 27.0. The van der Waals surface area contributed by atoms with E-state index in [1.54, 1.807) is 0 Å². The van der Waals surface area contributed by atoms with Crippen LogP contribution in [-0.2, 0) is 10.2 Å². The number of nitrogens with one attached hydrogen (secondary N) is 1. The minimum absolute atomic E-state index is 0.0794. The van der Waals surface area contributed by atoms with Crippen LogP contribution in [0.2, 0.25) is 0 Å². The number of hydrogen-bond donors (Lipinski definition) is 2. The number of allylic oxidation sites excluding steroid dienone is 3. The van der Waals surface area contributed by atoms with E-state index in [9.17, 15) is 9.90 Å². The van der Waals surface area contributed by atoms with Gasteiger partial charge >= 0.3 is 0 Å². The molecule has 2 aliphatic rings. The number of carbonyl (C=O) groups excluding carboxylic acids is 1. The second-order valence-corrected chi connectivity index (χ2v) is 11.8. The zero-order chi connectivity index (χ0) is 28.6. The summed E-state index contributed by atoms with van der Waals surface area (Å²) in [6, 6.07) is 26.5. The molecule has 3 aromatic carbocycles. The second kappa shape index (κ2) is 11.0. The van der Waals surface area contributed by atoms with Gasteiger partial charge in [-0.1, -0.05) is 99.3 Å². The number of benzene rings is 3. The fourth-order valence-electron chi connectivity index (χ4n) is 6.54. The smallest absolute Gasteiger partial charge is 0.209 e. The van der Waals surface area contributed by atoms with E-state index in [2.05, 4.69) is 54.6 Å². The number of hydrogen-bond acceptors (Lipinski definition) is 2. The van der Waals surface area contributed by atoms with Crippen molar-refractivity contribution in [1.82, 2.24) is 4.98 Å². The van der Waals surface area contributed by atoms with Gasteiger partial charge in [0.1, 0.15) is 12.3 Å². The summed E-state index contributed by atoms with van der Waals surface area (Å²) in [5.74, 6) is -0.0288. The molecule has 0 saturated heterocycles. The van der Waals surface area contributed by atoms with Gasteiger partial charge < -0.3 is 10.1 Å². The molecule has 208 valence electrons. The molecule has 0 bridgehead atoms. The summed E-state index contributed by atoms with van der Waals surface area (Å²) in [7, 11) is 0. The van der Waals surface area contributed by atoms with Crippen molar-refractivity contribution in [2.24, 2.45) is 0 Å². The number of nitrogens with zero attached hydrogens (tertiary/aromatic N) is 1. The van der Waals surface area contributed by atoms with E-state index in [1.165, 1.54) is 43.4 Å². The van der Waals surface area contributed by atoms with Crippen molar-refractivity contribution in [2.45, 2.75) is 64.7 Å². The summed E-state index contributed by atoms with van der Waals surface area (Å²) in [5.41, 5.74) is 7.60. The van der Waals surface area contributed by atoms with Gasteiger partial charge in [0.2, 0.25) is 11.5 Å². The highest BCUT2D eigenvalue weighted by Gasteiger charge is 2.46. The number of ketones is 1. The summed E-state index contributed by atoms with van der Waals surface area (Å²) < 4.78 is 2.38. The molecule has 41 heavy (non-hydrogen) atoms. The van der Waals surface area contributed by atoms with Gasteiger partial charge in [0.15, 0.2) is 5.71 Å². The first-order chi connectivity index (χ1) is 19.9. The van der Waals surface area contributed by atoms with Crippen LogP contribution in [0.1, 0.15) is 70.4 Å². The molecule has 6 rings (SSSR count). The molecule has 4 heteroatoms. The lowest BCUT2D eigenvalue weighted by atomic mass is 9.77. The Kier molecular flexibility index (Phi) is 7.25. The highest BCUT2D eigenvalue weighted by Crippen LogP contribution is 2.46. The maximum absolute atomic E-state index is 13.9. The number of para-hydroxylation sites is 2. The van der Waals surface area contributed by atoms with E-state index >= 15 is 0 Å². The maximum Gasteiger partial charge on any atom is 0.209 e. The van der Waals surface area contributed by atoms with E-state index in [4.69, 9.17) is 0 Å². The van der Waals surface area contributed by atoms with Gasteiger partial charge in [-0.25, -0.2) is 0 Å². The van der Waals surface area contributed by atoms with Gasteiger partial charge in [0.05, 0.1) is 22.3 Å². The lowest BCUT2D eigenvalue weighted by Gasteiger charge is -2.23. The van der Waals surface area contributed by atoms with E-state index in [-0.39, 0.29) is 17.0 Å². The predicted molar refractivity (Wildman–Crippen MR) is 169 cm³/mol. The van der Waals surface area contributed by atoms with Crippen molar-refractivity contribution in [1.29, 1.82) is 0 Å². The van der Waals surface area contributed by atoms with Crippen molar-refractivity contribution in [3.63, 3.8) is 0 Å². The molecule has 2 N–H and O–H groups in total. The van der Waals surface area contributed by atoms with Gasteiger partial charge in [-0.2, -0.15) is 4.58 Å². The van der Waals surface area contributed by atoms with Gasteiger partial charge in [-0.15, -0.1) is 0 Å². The molecule has 4 nitrogen and oxygen atoms in total. The van der Waals surface area contributed by atoms with Gasteiger partial charge in [0, 0.05) is 40.6 Å². The summed E-state index contributed by atoms with van der Waals surface area (Å²) in [5, 5.41) is 12.5. The minimum atomic E-state index is -0.280. The van der Waals surface area contributed by atoms with Crippen molar-refractivity contribution in [3.05, 3.63) is 107 Å². The van der Waals surface area contributed by atoms with Crippen LogP contribution in [-0.4, -0.2) is 32.7 Å². The van der Waals surface area contributed by atoms with Crippen molar-refractivity contribution < 1.29 is 14.5 Å². The molecule has 2 heterocycles. The average molecular weight is 544 g/mol. The molecule has 1 aliphatic carbocycles. The number of H-pyrrole nitrogens is 1. The molecule has 0 spiro atoms. The molecular formula is C37H39N2O2+. The Morgan fingerprint density at radius 1 is 0.854 bits per heavy atom. The topological polar surface area (TPSA) is 56.1 Å². The van der Waals surface area contributed by atoms with Crippen LogP contribution in [0.5, 0.6) is 0 Å². The molecule has 0 saturated carbocycles. The van der Waals surface area contributed by atoms with Crippen molar-refractivity contribution >= 4 is 33.7 Å². The van der Waals surface area contributed by atoms with Gasteiger partial charge in [-0.05, 0) is 31.9 Å². The molecule has 0 unspecified atom stereocenters. The van der Waals surface area contributed by atoms with Crippen LogP contribution >= 0.6 is 0 Å². The first-order valence-corrected chi connectivity index (χ1v) is 15.0. The summed E-state index contributed by atoms with van der Waals surface area (Å²) >= 11 is 0. The molecule has 1 aliphatic heterocycles. The lowest BCUT2D eigenvalue weighted by molar-refractivity contribution is -0.438. The minimum Gasteiger partial charge on any atom is -0.506 e. The predicted octanol–water partition coefficient (Wildman–Crippen LogP) is 9.05. The molecule has 0 amide bonds. The quantitative estimate of drug-likeness (QED) is 0.119. The second-order valence-electron chi connectivity index (χ2n) is 11.8. The lowest BCUT2D eigenvalue weighted by Crippen LogP contribution is -2.31. The molecular weight excluding hydrogens is 504 g/mol. The molecule has 4 aromatic rings. The van der Waals surface area contributed by atoms with E-state index < -0.39 is 0 Å². The zero-order valence-electron chi connectivity index (χ0n) is 24.3. The fraction of sp³-hybridized carbons (Fsp3) is 0.297. The van der Waals surface area contributed by atoms with Crippen LogP contribution in [0, 0.1) is 0 Å². The van der Waals surface area contributed by atoms with Crippen LogP contribution in [0.4, 0.5) is 5.69 Å². The first-order valence-electron chi connectivity index (χ1n) is 15.0. The van der Waals surface area contributed by atoms with E-state index in [1.807, 2.05) is 60.7 Å². The maximum atomic E-state index is 13.9. The summed E-state index contributed by atoms with van der Waals surface area (Å²) in [6.07, 6.45) is 9.32. The number of fused-ring (bicyclic) bond motifs is 2. The van der Waals surface area contributed by atoms with Gasteiger partial charge in [0.25, 0.3) is 0 Å². The third-order valence-corrected chi connectivity index (χ3v) is 8.80. The molecule has 0 fully saturated rings. The Morgan fingerprint density at radius 2 is 1.54 bits per heavy atom. The Labute approximate surface area is 242 Å². The SMILES string of the molecule is CCCCCCCC[N+]1=C(/C=C2\C(=O)C(c3c(-c4ccccc4)[nH]c4ccccc34)=C2O)C(C)(C)c2ccccc21. The highest BCUT2D eigenvalue weighted by atomic mass is 16.3. The number of aromatic nitrogens is 1. The molecule has 0 radical (unpaired) electrons.